The second-order valence-corrected chi connectivity index (χ2v) is 4.04. The zero-order valence-corrected chi connectivity index (χ0v) is 9.92. The van der Waals surface area contributed by atoms with Crippen LogP contribution < -0.4 is 5.73 Å². The number of H-pyrrole nitrogens is 1. The van der Waals surface area contributed by atoms with E-state index in [0.717, 1.165) is 11.4 Å². The summed E-state index contributed by atoms with van der Waals surface area (Å²) in [6.07, 6.45) is 1.61. The SMILES string of the molecule is Cc1cc(-c2ccc[nH]2)nc(C(N)CC(=O)O)n1. The van der Waals surface area contributed by atoms with Crippen LogP contribution in [0.25, 0.3) is 11.4 Å². The van der Waals surface area contributed by atoms with Crippen LogP contribution >= 0.6 is 0 Å². The second-order valence-electron chi connectivity index (χ2n) is 4.04. The summed E-state index contributed by atoms with van der Waals surface area (Å²) in [5.74, 6) is -0.615. The fourth-order valence-corrected chi connectivity index (χ4v) is 1.66. The van der Waals surface area contributed by atoms with Gasteiger partial charge in [-0.1, -0.05) is 0 Å². The number of carboxylic acids is 1. The quantitative estimate of drug-likeness (QED) is 0.753. The third-order valence-corrected chi connectivity index (χ3v) is 2.47. The van der Waals surface area contributed by atoms with Crippen molar-refractivity contribution in [3.8, 4) is 11.4 Å². The molecule has 2 aromatic rings. The first kappa shape index (κ1) is 12.3. The summed E-state index contributed by atoms with van der Waals surface area (Å²) in [5.41, 5.74) is 8.09. The number of carboxylic acid groups (broad SMARTS) is 1. The minimum absolute atomic E-state index is 0.187. The van der Waals surface area contributed by atoms with Crippen LogP contribution in [0.5, 0.6) is 0 Å². The molecule has 0 saturated heterocycles. The number of carbonyl (C=O) groups is 1. The van der Waals surface area contributed by atoms with Crippen molar-refractivity contribution >= 4 is 5.97 Å². The van der Waals surface area contributed by atoms with Crippen LogP contribution in [0.2, 0.25) is 0 Å². The first-order chi connectivity index (χ1) is 8.56. The van der Waals surface area contributed by atoms with Gasteiger partial charge in [-0.2, -0.15) is 0 Å². The lowest BCUT2D eigenvalue weighted by molar-refractivity contribution is -0.137. The number of nitrogens with zero attached hydrogens (tertiary/aromatic N) is 2. The third-order valence-electron chi connectivity index (χ3n) is 2.47. The average molecular weight is 246 g/mol. The molecule has 2 aromatic heterocycles. The first-order valence-electron chi connectivity index (χ1n) is 5.53. The maximum absolute atomic E-state index is 10.6. The van der Waals surface area contributed by atoms with E-state index in [2.05, 4.69) is 15.0 Å². The molecule has 0 spiro atoms. The number of nitrogens with two attached hydrogens (primary N) is 1. The van der Waals surface area contributed by atoms with E-state index in [-0.39, 0.29) is 6.42 Å². The molecule has 1 unspecified atom stereocenters. The minimum Gasteiger partial charge on any atom is -0.481 e. The van der Waals surface area contributed by atoms with E-state index in [1.54, 1.807) is 6.20 Å². The Hall–Kier alpha value is -2.21. The van der Waals surface area contributed by atoms with Crippen LogP contribution in [0.15, 0.2) is 24.4 Å². The van der Waals surface area contributed by atoms with Crippen molar-refractivity contribution in [2.24, 2.45) is 5.73 Å². The molecule has 2 rings (SSSR count). The molecule has 0 fully saturated rings. The van der Waals surface area contributed by atoms with E-state index in [1.165, 1.54) is 0 Å². The van der Waals surface area contributed by atoms with Gasteiger partial charge < -0.3 is 15.8 Å². The summed E-state index contributed by atoms with van der Waals surface area (Å²) >= 11 is 0. The van der Waals surface area contributed by atoms with E-state index in [4.69, 9.17) is 10.8 Å². The van der Waals surface area contributed by atoms with Crippen LogP contribution in [0.3, 0.4) is 0 Å². The molecular weight excluding hydrogens is 232 g/mol. The summed E-state index contributed by atoms with van der Waals surface area (Å²) < 4.78 is 0. The standard InChI is InChI=1S/C12H14N4O2/c1-7-5-10(9-3-2-4-14-9)16-12(15-7)8(13)6-11(17)18/h2-5,8,14H,6,13H2,1H3,(H,17,18). The molecule has 0 radical (unpaired) electrons. The second kappa shape index (κ2) is 4.97. The molecular formula is C12H14N4O2. The zero-order chi connectivity index (χ0) is 13.1. The lowest BCUT2D eigenvalue weighted by atomic mass is 10.2. The lowest BCUT2D eigenvalue weighted by Crippen LogP contribution is -2.18. The summed E-state index contributed by atoms with van der Waals surface area (Å²) in [4.78, 5) is 22.2. The van der Waals surface area contributed by atoms with E-state index < -0.39 is 12.0 Å². The summed E-state index contributed by atoms with van der Waals surface area (Å²) in [6, 6.07) is 4.87. The molecule has 94 valence electrons. The van der Waals surface area contributed by atoms with Gasteiger partial charge in [0.05, 0.1) is 23.9 Å². The van der Waals surface area contributed by atoms with Crippen molar-refractivity contribution in [3.05, 3.63) is 35.9 Å². The molecule has 18 heavy (non-hydrogen) atoms. The maximum atomic E-state index is 10.6. The molecule has 0 aliphatic heterocycles. The molecule has 0 aliphatic rings. The van der Waals surface area contributed by atoms with Crippen molar-refractivity contribution < 1.29 is 9.90 Å². The first-order valence-corrected chi connectivity index (χ1v) is 5.53. The molecule has 6 heteroatoms. The molecule has 0 aliphatic carbocycles. The number of hydrogen-bond acceptors (Lipinski definition) is 4. The Bertz CT molecular complexity index is 551. The van der Waals surface area contributed by atoms with Crippen LogP contribution in [-0.4, -0.2) is 26.0 Å². The molecule has 1 atom stereocenters. The number of aliphatic carboxylic acids is 1. The van der Waals surface area contributed by atoms with Crippen LogP contribution in [0.4, 0.5) is 0 Å². The monoisotopic (exact) mass is 246 g/mol. The van der Waals surface area contributed by atoms with E-state index in [0.29, 0.717) is 11.5 Å². The van der Waals surface area contributed by atoms with E-state index in [9.17, 15) is 4.79 Å². The van der Waals surface area contributed by atoms with E-state index >= 15 is 0 Å². The van der Waals surface area contributed by atoms with Crippen LogP contribution in [-0.2, 0) is 4.79 Å². The van der Waals surface area contributed by atoms with Crippen molar-refractivity contribution in [1.29, 1.82) is 0 Å². The Morgan fingerprint density at radius 3 is 2.94 bits per heavy atom. The van der Waals surface area contributed by atoms with Crippen molar-refractivity contribution in [2.75, 3.05) is 0 Å². The Kier molecular flexibility index (Phi) is 3.38. The number of aromatic amines is 1. The van der Waals surface area contributed by atoms with Crippen LogP contribution in [0, 0.1) is 6.92 Å². The normalized spacial score (nSPS) is 12.3. The van der Waals surface area contributed by atoms with Gasteiger partial charge in [-0.15, -0.1) is 0 Å². The summed E-state index contributed by atoms with van der Waals surface area (Å²) in [6.45, 7) is 1.82. The number of aryl methyl sites for hydroxylation is 1. The highest BCUT2D eigenvalue weighted by Crippen LogP contribution is 2.18. The highest BCUT2D eigenvalue weighted by molar-refractivity contribution is 5.67. The Labute approximate surface area is 104 Å². The molecule has 0 aromatic carbocycles. The zero-order valence-electron chi connectivity index (χ0n) is 9.92. The van der Waals surface area contributed by atoms with Crippen molar-refractivity contribution in [2.45, 2.75) is 19.4 Å². The molecule has 4 N–H and O–H groups in total. The fraction of sp³-hybridized carbons (Fsp3) is 0.250. The maximum Gasteiger partial charge on any atom is 0.305 e. The van der Waals surface area contributed by atoms with Gasteiger partial charge >= 0.3 is 5.97 Å². The molecule has 0 amide bonds. The summed E-state index contributed by atoms with van der Waals surface area (Å²) in [5, 5.41) is 8.73. The molecule has 0 bridgehead atoms. The van der Waals surface area contributed by atoms with Gasteiger partial charge in [0.25, 0.3) is 0 Å². The Morgan fingerprint density at radius 1 is 1.56 bits per heavy atom. The number of aromatic nitrogens is 3. The van der Waals surface area contributed by atoms with Crippen molar-refractivity contribution in [1.82, 2.24) is 15.0 Å². The topological polar surface area (TPSA) is 105 Å². The van der Waals surface area contributed by atoms with Crippen molar-refractivity contribution in [3.63, 3.8) is 0 Å². The summed E-state index contributed by atoms with van der Waals surface area (Å²) in [7, 11) is 0. The van der Waals surface area contributed by atoms with Gasteiger partial charge in [0, 0.05) is 11.9 Å². The highest BCUT2D eigenvalue weighted by Gasteiger charge is 2.15. The number of hydrogen-bond donors (Lipinski definition) is 3. The predicted octanol–water partition coefficient (Wildman–Crippen LogP) is 1.25. The molecule has 0 saturated carbocycles. The van der Waals surface area contributed by atoms with Gasteiger partial charge in [0.2, 0.25) is 0 Å². The number of nitrogens with one attached hydrogen (secondary N) is 1. The van der Waals surface area contributed by atoms with Gasteiger partial charge in [0.15, 0.2) is 0 Å². The van der Waals surface area contributed by atoms with Crippen LogP contribution in [0.1, 0.15) is 24.0 Å². The van der Waals surface area contributed by atoms with Gasteiger partial charge in [-0.05, 0) is 25.1 Å². The largest absolute Gasteiger partial charge is 0.481 e. The molecule has 6 nitrogen and oxygen atoms in total. The lowest BCUT2D eigenvalue weighted by Gasteiger charge is -2.10. The van der Waals surface area contributed by atoms with Gasteiger partial charge in [-0.25, -0.2) is 9.97 Å². The average Bonchev–Trinajstić information content (AvgIpc) is 2.80. The molecule has 2 heterocycles. The minimum atomic E-state index is -0.964. The highest BCUT2D eigenvalue weighted by atomic mass is 16.4. The van der Waals surface area contributed by atoms with Gasteiger partial charge in [0.1, 0.15) is 5.82 Å². The smallest absolute Gasteiger partial charge is 0.305 e. The van der Waals surface area contributed by atoms with E-state index in [1.807, 2.05) is 25.1 Å². The third kappa shape index (κ3) is 2.72. The predicted molar refractivity (Wildman–Crippen MR) is 65.7 cm³/mol. The fourth-order valence-electron chi connectivity index (χ4n) is 1.66. The van der Waals surface area contributed by atoms with Gasteiger partial charge in [-0.3, -0.25) is 4.79 Å². The Balaban J connectivity index is 2.35. The number of rotatable bonds is 4. The Morgan fingerprint density at radius 2 is 2.33 bits per heavy atom.